The number of hydrogen-bond donors (Lipinski definition) is 1. The third-order valence-electron chi connectivity index (χ3n) is 3.42. The Kier molecular flexibility index (Phi) is 3.92. The molecule has 2 heterocycles. The zero-order valence-corrected chi connectivity index (χ0v) is 11.4. The minimum atomic E-state index is 0.748. The van der Waals surface area contributed by atoms with E-state index in [2.05, 4.69) is 44.7 Å². The van der Waals surface area contributed by atoms with Gasteiger partial charge in [0.05, 0.1) is 6.21 Å². The van der Waals surface area contributed by atoms with Crippen LogP contribution < -0.4 is 10.3 Å². The summed E-state index contributed by atoms with van der Waals surface area (Å²) in [4.78, 5) is 6.57. The lowest BCUT2D eigenvalue weighted by molar-refractivity contribution is 0.949. The predicted molar refractivity (Wildman–Crippen MR) is 83.3 cm³/mol. The molecule has 1 aromatic carbocycles. The first-order valence-corrected chi connectivity index (χ1v) is 6.97. The molecule has 20 heavy (non-hydrogen) atoms. The zero-order chi connectivity index (χ0) is 13.6. The van der Waals surface area contributed by atoms with Crippen molar-refractivity contribution in [3.63, 3.8) is 0 Å². The molecule has 1 N–H and O–H groups in total. The second kappa shape index (κ2) is 6.19. The van der Waals surface area contributed by atoms with Crippen LogP contribution in [0.3, 0.4) is 0 Å². The van der Waals surface area contributed by atoms with E-state index in [0.29, 0.717) is 0 Å². The SMILES string of the molecule is C(=NNc1ccccn1)c1ccc(N2CCCC2)cc1. The number of nitrogens with zero attached hydrogens (tertiary/aromatic N) is 3. The Hall–Kier alpha value is -2.36. The number of anilines is 2. The van der Waals surface area contributed by atoms with Gasteiger partial charge in [-0.25, -0.2) is 4.98 Å². The Morgan fingerprint density at radius 2 is 1.85 bits per heavy atom. The molecule has 0 radical (unpaired) electrons. The summed E-state index contributed by atoms with van der Waals surface area (Å²) < 4.78 is 0. The second-order valence-electron chi connectivity index (χ2n) is 4.87. The van der Waals surface area contributed by atoms with Crippen molar-refractivity contribution in [2.45, 2.75) is 12.8 Å². The Morgan fingerprint density at radius 1 is 1.05 bits per heavy atom. The number of nitrogens with one attached hydrogen (secondary N) is 1. The third-order valence-corrected chi connectivity index (χ3v) is 3.42. The summed E-state index contributed by atoms with van der Waals surface area (Å²) in [5, 5.41) is 4.19. The summed E-state index contributed by atoms with van der Waals surface area (Å²) in [6.45, 7) is 2.35. The first-order chi connectivity index (χ1) is 9.92. The largest absolute Gasteiger partial charge is 0.372 e. The lowest BCUT2D eigenvalue weighted by Crippen LogP contribution is -2.17. The zero-order valence-electron chi connectivity index (χ0n) is 11.4. The van der Waals surface area contributed by atoms with Gasteiger partial charge in [-0.1, -0.05) is 18.2 Å². The molecule has 102 valence electrons. The molecule has 2 aromatic rings. The molecule has 0 bridgehead atoms. The first-order valence-electron chi connectivity index (χ1n) is 6.97. The van der Waals surface area contributed by atoms with Crippen LogP contribution in [-0.2, 0) is 0 Å². The fourth-order valence-electron chi connectivity index (χ4n) is 2.35. The summed E-state index contributed by atoms with van der Waals surface area (Å²) in [6.07, 6.45) is 6.15. The molecule has 3 rings (SSSR count). The number of rotatable bonds is 4. The van der Waals surface area contributed by atoms with Crippen LogP contribution in [0.5, 0.6) is 0 Å². The van der Waals surface area contributed by atoms with Crippen molar-refractivity contribution in [2.75, 3.05) is 23.4 Å². The van der Waals surface area contributed by atoms with Crippen molar-refractivity contribution in [3.8, 4) is 0 Å². The lowest BCUT2D eigenvalue weighted by atomic mass is 10.2. The maximum absolute atomic E-state index is 4.19. The van der Waals surface area contributed by atoms with Crippen molar-refractivity contribution in [3.05, 3.63) is 54.2 Å². The molecule has 0 aliphatic carbocycles. The number of pyridine rings is 1. The summed E-state index contributed by atoms with van der Waals surface area (Å²) in [5.74, 6) is 0.748. The molecule has 1 fully saturated rings. The van der Waals surface area contributed by atoms with Crippen LogP contribution in [0.4, 0.5) is 11.5 Å². The third kappa shape index (κ3) is 3.15. The monoisotopic (exact) mass is 266 g/mol. The Balaban J connectivity index is 1.60. The van der Waals surface area contributed by atoms with Crippen molar-refractivity contribution in [1.29, 1.82) is 0 Å². The highest BCUT2D eigenvalue weighted by Gasteiger charge is 2.11. The molecule has 1 aromatic heterocycles. The average molecular weight is 266 g/mol. The highest BCUT2D eigenvalue weighted by atomic mass is 15.3. The molecule has 0 amide bonds. The quantitative estimate of drug-likeness (QED) is 0.682. The number of benzene rings is 1. The van der Waals surface area contributed by atoms with Gasteiger partial charge in [-0.2, -0.15) is 5.10 Å². The molecule has 0 atom stereocenters. The van der Waals surface area contributed by atoms with Crippen molar-refractivity contribution in [1.82, 2.24) is 4.98 Å². The Bertz CT molecular complexity index is 557. The van der Waals surface area contributed by atoms with Crippen LogP contribution in [-0.4, -0.2) is 24.3 Å². The molecule has 0 unspecified atom stereocenters. The van der Waals surface area contributed by atoms with E-state index in [1.54, 1.807) is 6.20 Å². The molecule has 1 aliphatic heterocycles. The Morgan fingerprint density at radius 3 is 2.55 bits per heavy atom. The molecule has 4 heteroatoms. The van der Waals surface area contributed by atoms with E-state index in [9.17, 15) is 0 Å². The minimum absolute atomic E-state index is 0.748. The van der Waals surface area contributed by atoms with Crippen molar-refractivity contribution >= 4 is 17.7 Å². The molecule has 0 spiro atoms. The molecule has 4 nitrogen and oxygen atoms in total. The lowest BCUT2D eigenvalue weighted by Gasteiger charge is -2.17. The van der Waals surface area contributed by atoms with Crippen LogP contribution in [0.15, 0.2) is 53.8 Å². The topological polar surface area (TPSA) is 40.5 Å². The van der Waals surface area contributed by atoms with Crippen LogP contribution in [0.1, 0.15) is 18.4 Å². The van der Waals surface area contributed by atoms with Gasteiger partial charge >= 0.3 is 0 Å². The van der Waals surface area contributed by atoms with Crippen LogP contribution in [0.25, 0.3) is 0 Å². The number of hydrazone groups is 1. The van der Waals surface area contributed by atoms with Crippen LogP contribution >= 0.6 is 0 Å². The molecule has 1 saturated heterocycles. The normalized spacial score (nSPS) is 14.9. The predicted octanol–water partition coefficient (Wildman–Crippen LogP) is 3.13. The maximum atomic E-state index is 4.19. The summed E-state index contributed by atoms with van der Waals surface area (Å²) in [5.41, 5.74) is 5.29. The van der Waals surface area contributed by atoms with Gasteiger partial charge in [0.15, 0.2) is 0 Å². The second-order valence-corrected chi connectivity index (χ2v) is 4.87. The smallest absolute Gasteiger partial charge is 0.146 e. The molecular weight excluding hydrogens is 248 g/mol. The van der Waals surface area contributed by atoms with E-state index in [1.807, 2.05) is 24.4 Å². The van der Waals surface area contributed by atoms with Gasteiger partial charge in [-0.15, -0.1) is 0 Å². The number of hydrogen-bond acceptors (Lipinski definition) is 4. The summed E-state index contributed by atoms with van der Waals surface area (Å²) >= 11 is 0. The Labute approximate surface area is 119 Å². The van der Waals surface area contributed by atoms with Gasteiger partial charge in [0, 0.05) is 25.0 Å². The fraction of sp³-hybridized carbons (Fsp3) is 0.250. The van der Waals surface area contributed by atoms with Gasteiger partial charge in [0.2, 0.25) is 0 Å². The first kappa shape index (κ1) is 12.7. The highest BCUT2D eigenvalue weighted by molar-refractivity contribution is 5.80. The van der Waals surface area contributed by atoms with Gasteiger partial charge < -0.3 is 4.90 Å². The standard InChI is InChI=1S/C16H18N4/c1-2-10-17-16(5-1)19-18-13-14-6-8-15(9-7-14)20-11-3-4-12-20/h1-2,5-10,13H,3-4,11-12H2,(H,17,19). The summed E-state index contributed by atoms with van der Waals surface area (Å²) in [6, 6.07) is 14.2. The highest BCUT2D eigenvalue weighted by Crippen LogP contribution is 2.19. The molecule has 1 aliphatic rings. The summed E-state index contributed by atoms with van der Waals surface area (Å²) in [7, 11) is 0. The van der Waals surface area contributed by atoms with Gasteiger partial charge in [0.1, 0.15) is 5.82 Å². The van der Waals surface area contributed by atoms with E-state index >= 15 is 0 Å². The van der Waals surface area contributed by atoms with E-state index < -0.39 is 0 Å². The van der Waals surface area contributed by atoms with Crippen LogP contribution in [0.2, 0.25) is 0 Å². The maximum Gasteiger partial charge on any atom is 0.146 e. The van der Waals surface area contributed by atoms with E-state index in [4.69, 9.17) is 0 Å². The fourth-order valence-corrected chi connectivity index (χ4v) is 2.35. The van der Waals surface area contributed by atoms with E-state index in [-0.39, 0.29) is 0 Å². The van der Waals surface area contributed by atoms with Gasteiger partial charge in [-0.3, -0.25) is 5.43 Å². The van der Waals surface area contributed by atoms with Gasteiger partial charge in [-0.05, 0) is 42.7 Å². The minimum Gasteiger partial charge on any atom is -0.372 e. The van der Waals surface area contributed by atoms with Crippen molar-refractivity contribution < 1.29 is 0 Å². The molecule has 0 saturated carbocycles. The number of aromatic nitrogens is 1. The van der Waals surface area contributed by atoms with E-state index in [1.165, 1.54) is 31.6 Å². The average Bonchev–Trinajstić information content (AvgIpc) is 3.03. The van der Waals surface area contributed by atoms with Crippen LogP contribution in [0, 0.1) is 0 Å². The van der Waals surface area contributed by atoms with E-state index in [0.717, 1.165) is 11.4 Å². The van der Waals surface area contributed by atoms with Crippen molar-refractivity contribution in [2.24, 2.45) is 5.10 Å². The van der Waals surface area contributed by atoms with Gasteiger partial charge in [0.25, 0.3) is 0 Å². The molecular formula is C16H18N4.